The number of aromatic hydroxyl groups is 2. The van der Waals surface area contributed by atoms with E-state index in [4.69, 9.17) is 14.2 Å². The van der Waals surface area contributed by atoms with E-state index < -0.39 is 24.1 Å². The Morgan fingerprint density at radius 2 is 1.35 bits per heavy atom. The quantitative estimate of drug-likeness (QED) is 0.224. The van der Waals surface area contributed by atoms with Crippen LogP contribution in [0.3, 0.4) is 0 Å². The van der Waals surface area contributed by atoms with Gasteiger partial charge in [0.25, 0.3) is 5.91 Å². The van der Waals surface area contributed by atoms with Gasteiger partial charge >= 0.3 is 6.03 Å². The molecule has 0 aromatic heterocycles. The van der Waals surface area contributed by atoms with Gasteiger partial charge in [0.15, 0.2) is 29.6 Å². The Hall–Kier alpha value is -5.42. The first-order valence-electron chi connectivity index (χ1n) is 14.8. The molecule has 0 bridgehead atoms. The van der Waals surface area contributed by atoms with E-state index in [1.165, 1.54) is 41.3 Å². The largest absolute Gasteiger partial charge is 0.504 e. The number of carbonyl (C=O) groups excluding carboxylic acids is 2. The van der Waals surface area contributed by atoms with Crippen molar-refractivity contribution in [3.63, 3.8) is 0 Å². The van der Waals surface area contributed by atoms with Gasteiger partial charge in [0.2, 0.25) is 0 Å². The van der Waals surface area contributed by atoms with E-state index in [1.54, 1.807) is 48.5 Å². The van der Waals surface area contributed by atoms with E-state index in [-0.39, 0.29) is 49.2 Å². The Bertz CT molecular complexity index is 1640. The number of methoxy groups -OCH3 is 2. The molecule has 0 radical (unpaired) electrons. The lowest BCUT2D eigenvalue weighted by atomic mass is 9.99. The van der Waals surface area contributed by atoms with Gasteiger partial charge in [-0.05, 0) is 59.5 Å². The average Bonchev–Trinajstić information content (AvgIpc) is 3.16. The Labute approximate surface area is 267 Å². The van der Waals surface area contributed by atoms with Crippen LogP contribution in [0.5, 0.6) is 28.7 Å². The smallest absolute Gasteiger partial charge is 0.339 e. The van der Waals surface area contributed by atoms with Crippen LogP contribution in [-0.2, 0) is 24.3 Å². The van der Waals surface area contributed by atoms with Crippen molar-refractivity contribution < 1.29 is 39.1 Å². The van der Waals surface area contributed by atoms with E-state index >= 15 is 0 Å². The molecule has 3 amide bonds. The molecule has 11 nitrogen and oxygen atoms in total. The van der Waals surface area contributed by atoms with Crippen LogP contribution in [0.2, 0.25) is 0 Å². The van der Waals surface area contributed by atoms with Gasteiger partial charge in [0.1, 0.15) is 5.75 Å². The zero-order valence-electron chi connectivity index (χ0n) is 25.7. The molecule has 0 unspecified atom stereocenters. The summed E-state index contributed by atoms with van der Waals surface area (Å²) >= 11 is 0. The van der Waals surface area contributed by atoms with Crippen molar-refractivity contribution in [1.82, 2.24) is 14.9 Å². The van der Waals surface area contributed by atoms with Gasteiger partial charge in [-0.15, -0.1) is 0 Å². The molecular weight excluding hydrogens is 590 g/mol. The SMILES string of the molecule is COc1cc(CN2C(=O)N(Cc3ccc(O)c(OC)c3)N(C(=O)COc3ccccc3)C[C@@H](O)[C@H]2Cc2ccccc2)ccc1O. The Balaban J connectivity index is 1.55. The fourth-order valence-corrected chi connectivity index (χ4v) is 5.42. The number of β-amino-alcohol motifs (C(OH)–C–C–N with tert-alkyl or cyclic N) is 1. The molecule has 0 saturated carbocycles. The van der Waals surface area contributed by atoms with Crippen LogP contribution in [0, 0.1) is 0 Å². The molecule has 2 atom stereocenters. The van der Waals surface area contributed by atoms with Gasteiger partial charge in [0, 0.05) is 6.54 Å². The topological polar surface area (TPSA) is 132 Å². The van der Waals surface area contributed by atoms with E-state index in [2.05, 4.69) is 0 Å². The zero-order valence-corrected chi connectivity index (χ0v) is 25.7. The summed E-state index contributed by atoms with van der Waals surface area (Å²) < 4.78 is 16.3. The Morgan fingerprint density at radius 1 is 0.783 bits per heavy atom. The molecule has 11 heteroatoms. The first-order chi connectivity index (χ1) is 22.3. The highest BCUT2D eigenvalue weighted by atomic mass is 16.5. The molecule has 3 N–H and O–H groups in total. The van der Waals surface area contributed by atoms with Gasteiger partial charge in [-0.2, -0.15) is 0 Å². The first kappa shape index (κ1) is 32.0. The van der Waals surface area contributed by atoms with E-state index in [0.717, 1.165) is 5.56 Å². The van der Waals surface area contributed by atoms with Crippen molar-refractivity contribution in [1.29, 1.82) is 0 Å². The number of benzene rings is 4. The highest BCUT2D eigenvalue weighted by molar-refractivity contribution is 5.83. The first-order valence-corrected chi connectivity index (χ1v) is 14.8. The molecule has 1 fully saturated rings. The molecular formula is C35H37N3O8. The monoisotopic (exact) mass is 627 g/mol. The summed E-state index contributed by atoms with van der Waals surface area (Å²) in [6.07, 6.45) is -0.838. The molecule has 4 aromatic carbocycles. The number of carbonyl (C=O) groups is 2. The number of para-hydroxylation sites is 1. The normalized spacial score (nSPS) is 16.6. The van der Waals surface area contributed by atoms with Crippen LogP contribution >= 0.6 is 0 Å². The average molecular weight is 628 g/mol. The molecule has 1 aliphatic heterocycles. The summed E-state index contributed by atoms with van der Waals surface area (Å²) in [6.45, 7) is -0.600. The van der Waals surface area contributed by atoms with Crippen LogP contribution in [0.15, 0.2) is 97.1 Å². The van der Waals surface area contributed by atoms with Crippen molar-refractivity contribution in [2.75, 3.05) is 27.4 Å². The van der Waals surface area contributed by atoms with Gasteiger partial charge in [-0.25, -0.2) is 14.8 Å². The van der Waals surface area contributed by atoms with Crippen molar-refractivity contribution in [2.24, 2.45) is 0 Å². The molecule has 0 aliphatic carbocycles. The minimum atomic E-state index is -1.15. The van der Waals surface area contributed by atoms with Crippen LogP contribution in [0.25, 0.3) is 0 Å². The number of hydrazine groups is 1. The second kappa shape index (κ2) is 14.6. The van der Waals surface area contributed by atoms with Gasteiger partial charge in [0.05, 0.1) is 39.5 Å². The summed E-state index contributed by atoms with van der Waals surface area (Å²) in [5.41, 5.74) is 2.12. The fraction of sp³-hybridized carbons (Fsp3) is 0.257. The maximum atomic E-state index is 14.7. The number of urea groups is 1. The molecule has 0 spiro atoms. The third-order valence-corrected chi connectivity index (χ3v) is 7.82. The Kier molecular flexibility index (Phi) is 10.1. The van der Waals surface area contributed by atoms with Crippen molar-refractivity contribution in [2.45, 2.75) is 31.7 Å². The number of phenols is 2. The second-order valence-electron chi connectivity index (χ2n) is 10.9. The molecule has 4 aromatic rings. The number of hydrogen-bond acceptors (Lipinski definition) is 8. The molecule has 46 heavy (non-hydrogen) atoms. The van der Waals surface area contributed by atoms with Gasteiger partial charge < -0.3 is 34.4 Å². The second-order valence-corrected chi connectivity index (χ2v) is 10.9. The van der Waals surface area contributed by atoms with E-state index in [0.29, 0.717) is 23.3 Å². The highest BCUT2D eigenvalue weighted by Crippen LogP contribution is 2.31. The summed E-state index contributed by atoms with van der Waals surface area (Å²) in [4.78, 5) is 30.0. The summed E-state index contributed by atoms with van der Waals surface area (Å²) in [7, 11) is 2.86. The van der Waals surface area contributed by atoms with Crippen LogP contribution in [0.4, 0.5) is 4.79 Å². The minimum Gasteiger partial charge on any atom is -0.504 e. The van der Waals surface area contributed by atoms with Crippen molar-refractivity contribution in [3.8, 4) is 28.7 Å². The fourth-order valence-electron chi connectivity index (χ4n) is 5.42. The lowest BCUT2D eigenvalue weighted by Gasteiger charge is -2.36. The number of rotatable bonds is 11. The number of aliphatic hydroxyl groups is 1. The lowest BCUT2D eigenvalue weighted by molar-refractivity contribution is -0.149. The number of ether oxygens (including phenoxy) is 3. The van der Waals surface area contributed by atoms with Crippen molar-refractivity contribution in [3.05, 3.63) is 114 Å². The number of hydrogen-bond donors (Lipinski definition) is 3. The predicted molar refractivity (Wildman–Crippen MR) is 169 cm³/mol. The standard InChI is InChI=1S/C35H37N3O8/c1-44-32-18-25(13-15-29(32)39)20-36-28(17-24-9-5-3-6-10-24)31(41)22-37(34(42)23-46-27-11-7-4-8-12-27)38(35(36)43)21-26-14-16-30(40)33(19-26)45-2/h3-16,18-19,28,31,39-41H,17,20-23H2,1-2H3/t28-,31-/m1/s1. The third-order valence-electron chi connectivity index (χ3n) is 7.82. The molecule has 1 heterocycles. The zero-order chi connectivity index (χ0) is 32.6. The predicted octanol–water partition coefficient (Wildman–Crippen LogP) is 4.35. The van der Waals surface area contributed by atoms with Crippen molar-refractivity contribution >= 4 is 11.9 Å². The maximum Gasteiger partial charge on any atom is 0.339 e. The Morgan fingerprint density at radius 3 is 1.93 bits per heavy atom. The highest BCUT2D eigenvalue weighted by Gasteiger charge is 2.42. The van der Waals surface area contributed by atoms with Crippen LogP contribution in [0.1, 0.15) is 16.7 Å². The number of nitrogens with zero attached hydrogens (tertiary/aromatic N) is 3. The molecule has 240 valence electrons. The number of phenolic OH excluding ortho intramolecular Hbond substituents is 2. The van der Waals surface area contributed by atoms with Crippen LogP contribution < -0.4 is 14.2 Å². The molecule has 1 saturated heterocycles. The molecule has 1 aliphatic rings. The van der Waals surface area contributed by atoms with Gasteiger partial charge in [-0.1, -0.05) is 60.7 Å². The molecule has 5 rings (SSSR count). The van der Waals surface area contributed by atoms with Gasteiger partial charge in [-0.3, -0.25) is 4.79 Å². The summed E-state index contributed by atoms with van der Waals surface area (Å²) in [5.74, 6) is 0.278. The number of amides is 3. The lowest BCUT2D eigenvalue weighted by Crippen LogP contribution is -2.53. The van der Waals surface area contributed by atoms with E-state index in [1.807, 2.05) is 36.4 Å². The minimum absolute atomic E-state index is 0.0436. The third kappa shape index (κ3) is 7.44. The summed E-state index contributed by atoms with van der Waals surface area (Å²) in [6, 6.07) is 26.5. The number of aliphatic hydroxyl groups excluding tert-OH is 1. The van der Waals surface area contributed by atoms with Crippen LogP contribution in [-0.4, -0.2) is 81.7 Å². The maximum absolute atomic E-state index is 14.7. The summed E-state index contributed by atoms with van der Waals surface area (Å²) in [5, 5.41) is 34.6. The van der Waals surface area contributed by atoms with E-state index in [9.17, 15) is 24.9 Å².